The second-order valence-electron chi connectivity index (χ2n) is 5.20. The van der Waals surface area contributed by atoms with E-state index in [1.165, 1.54) is 11.1 Å². The molecule has 0 bridgehead atoms. The molecule has 0 aliphatic heterocycles. The highest BCUT2D eigenvalue weighted by molar-refractivity contribution is 5.78. The summed E-state index contributed by atoms with van der Waals surface area (Å²) in [5, 5.41) is 3.02. The van der Waals surface area contributed by atoms with Gasteiger partial charge in [-0.15, -0.1) is 0 Å². The zero-order valence-corrected chi connectivity index (χ0v) is 11.5. The maximum Gasteiger partial charge on any atom is 0.224 e. The number of amides is 1. The molecule has 0 saturated heterocycles. The highest BCUT2D eigenvalue weighted by atomic mass is 16.1. The molecule has 0 radical (unpaired) electrons. The molecule has 0 aromatic heterocycles. The lowest BCUT2D eigenvalue weighted by atomic mass is 10.0. The summed E-state index contributed by atoms with van der Waals surface area (Å²) in [4.78, 5) is 11.8. The first-order chi connectivity index (χ1) is 7.90. The molecule has 1 N–H and O–H groups in total. The smallest absolute Gasteiger partial charge is 0.224 e. The van der Waals surface area contributed by atoms with E-state index in [0.29, 0.717) is 12.3 Å². The minimum Gasteiger partial charge on any atom is -0.353 e. The summed E-state index contributed by atoms with van der Waals surface area (Å²) in [6, 6.07) is 6.43. The quantitative estimate of drug-likeness (QED) is 0.851. The predicted octanol–water partition coefficient (Wildman–Crippen LogP) is 3.01. The Bertz CT molecular complexity index is 396. The van der Waals surface area contributed by atoms with Crippen molar-refractivity contribution in [1.82, 2.24) is 5.32 Å². The maximum absolute atomic E-state index is 11.8. The summed E-state index contributed by atoms with van der Waals surface area (Å²) >= 11 is 0. The Morgan fingerprint density at radius 3 is 2.35 bits per heavy atom. The van der Waals surface area contributed by atoms with Crippen molar-refractivity contribution in [2.45, 2.75) is 47.1 Å². The zero-order chi connectivity index (χ0) is 13.0. The molecule has 0 spiro atoms. The molecule has 1 atom stereocenters. The van der Waals surface area contributed by atoms with Gasteiger partial charge in [0.1, 0.15) is 0 Å². The van der Waals surface area contributed by atoms with Crippen LogP contribution in [0.3, 0.4) is 0 Å². The Kier molecular flexibility index (Phi) is 4.73. The lowest BCUT2D eigenvalue weighted by Gasteiger charge is -2.17. The second kappa shape index (κ2) is 5.85. The van der Waals surface area contributed by atoms with Gasteiger partial charge in [0.15, 0.2) is 0 Å². The molecule has 0 heterocycles. The SMILES string of the molecule is Cc1ccc(CC(=O)NC(C)C(C)C)cc1C. The van der Waals surface area contributed by atoms with Gasteiger partial charge in [0.25, 0.3) is 0 Å². The van der Waals surface area contributed by atoms with Crippen molar-refractivity contribution in [3.05, 3.63) is 34.9 Å². The van der Waals surface area contributed by atoms with Gasteiger partial charge in [-0.25, -0.2) is 0 Å². The van der Waals surface area contributed by atoms with Crippen molar-refractivity contribution in [2.75, 3.05) is 0 Å². The van der Waals surface area contributed by atoms with Gasteiger partial charge in [0, 0.05) is 6.04 Å². The van der Waals surface area contributed by atoms with Gasteiger partial charge in [0.05, 0.1) is 6.42 Å². The van der Waals surface area contributed by atoms with E-state index in [1.807, 2.05) is 13.0 Å². The molecule has 1 aromatic rings. The van der Waals surface area contributed by atoms with Crippen LogP contribution in [0.5, 0.6) is 0 Å². The van der Waals surface area contributed by atoms with E-state index in [9.17, 15) is 4.79 Å². The van der Waals surface area contributed by atoms with Crippen LogP contribution in [-0.4, -0.2) is 11.9 Å². The van der Waals surface area contributed by atoms with Crippen LogP contribution in [0.4, 0.5) is 0 Å². The molecule has 94 valence electrons. The minimum absolute atomic E-state index is 0.106. The van der Waals surface area contributed by atoms with Crippen LogP contribution < -0.4 is 5.32 Å². The highest BCUT2D eigenvalue weighted by Gasteiger charge is 2.11. The molecule has 17 heavy (non-hydrogen) atoms. The largest absolute Gasteiger partial charge is 0.353 e. The standard InChI is InChI=1S/C15H23NO/c1-10(2)13(5)16-15(17)9-14-7-6-11(3)12(4)8-14/h6-8,10,13H,9H2,1-5H3,(H,16,17). The van der Waals surface area contributed by atoms with Gasteiger partial charge in [-0.05, 0) is 43.4 Å². The first-order valence-corrected chi connectivity index (χ1v) is 6.25. The Morgan fingerprint density at radius 2 is 1.82 bits per heavy atom. The molecule has 2 nitrogen and oxygen atoms in total. The van der Waals surface area contributed by atoms with E-state index in [2.05, 4.69) is 45.1 Å². The molecule has 1 amide bonds. The van der Waals surface area contributed by atoms with Gasteiger partial charge < -0.3 is 5.32 Å². The molecule has 1 rings (SSSR count). The van der Waals surface area contributed by atoms with Gasteiger partial charge in [-0.1, -0.05) is 32.0 Å². The summed E-state index contributed by atoms with van der Waals surface area (Å²) in [7, 11) is 0. The zero-order valence-electron chi connectivity index (χ0n) is 11.5. The lowest BCUT2D eigenvalue weighted by Crippen LogP contribution is -2.37. The van der Waals surface area contributed by atoms with Crippen LogP contribution in [0.15, 0.2) is 18.2 Å². The van der Waals surface area contributed by atoms with Crippen LogP contribution in [0.1, 0.15) is 37.5 Å². The molecule has 0 saturated carbocycles. The van der Waals surface area contributed by atoms with Gasteiger partial charge in [-0.2, -0.15) is 0 Å². The Labute approximate surface area is 104 Å². The Hall–Kier alpha value is -1.31. The van der Waals surface area contributed by atoms with E-state index >= 15 is 0 Å². The topological polar surface area (TPSA) is 29.1 Å². The normalized spacial score (nSPS) is 12.6. The Balaban J connectivity index is 2.59. The summed E-state index contributed by atoms with van der Waals surface area (Å²) in [6.07, 6.45) is 0.470. The average molecular weight is 233 g/mol. The fourth-order valence-corrected chi connectivity index (χ4v) is 1.57. The van der Waals surface area contributed by atoms with Gasteiger partial charge in [-0.3, -0.25) is 4.79 Å². The van der Waals surface area contributed by atoms with Crippen molar-refractivity contribution in [3.8, 4) is 0 Å². The summed E-state index contributed by atoms with van der Waals surface area (Å²) in [5.74, 6) is 0.577. The van der Waals surface area contributed by atoms with Gasteiger partial charge in [0.2, 0.25) is 5.91 Å². The van der Waals surface area contributed by atoms with E-state index in [-0.39, 0.29) is 11.9 Å². The van der Waals surface area contributed by atoms with Crippen LogP contribution in [0, 0.1) is 19.8 Å². The average Bonchev–Trinajstić information content (AvgIpc) is 2.23. The highest BCUT2D eigenvalue weighted by Crippen LogP contribution is 2.10. The molecule has 1 unspecified atom stereocenters. The number of hydrogen-bond donors (Lipinski definition) is 1. The maximum atomic E-state index is 11.8. The van der Waals surface area contributed by atoms with E-state index in [1.54, 1.807) is 0 Å². The molecular formula is C15H23NO. The second-order valence-corrected chi connectivity index (χ2v) is 5.20. The first-order valence-electron chi connectivity index (χ1n) is 6.25. The number of carbonyl (C=O) groups is 1. The molecule has 0 aliphatic carbocycles. The van der Waals surface area contributed by atoms with Crippen molar-refractivity contribution >= 4 is 5.91 Å². The van der Waals surface area contributed by atoms with Gasteiger partial charge >= 0.3 is 0 Å². The fourth-order valence-electron chi connectivity index (χ4n) is 1.57. The lowest BCUT2D eigenvalue weighted by molar-refractivity contribution is -0.121. The van der Waals surface area contributed by atoms with Crippen molar-refractivity contribution < 1.29 is 4.79 Å². The monoisotopic (exact) mass is 233 g/mol. The number of aryl methyl sites for hydroxylation is 2. The summed E-state index contributed by atoms with van der Waals surface area (Å²) in [5.41, 5.74) is 3.60. The number of carbonyl (C=O) groups excluding carboxylic acids is 1. The molecule has 1 aromatic carbocycles. The number of benzene rings is 1. The van der Waals surface area contributed by atoms with Crippen molar-refractivity contribution in [3.63, 3.8) is 0 Å². The Morgan fingerprint density at radius 1 is 1.18 bits per heavy atom. The number of nitrogens with one attached hydrogen (secondary N) is 1. The van der Waals surface area contributed by atoms with Crippen LogP contribution >= 0.6 is 0 Å². The van der Waals surface area contributed by atoms with Crippen molar-refractivity contribution in [2.24, 2.45) is 5.92 Å². The minimum atomic E-state index is 0.106. The first kappa shape index (κ1) is 13.8. The van der Waals surface area contributed by atoms with E-state index in [0.717, 1.165) is 5.56 Å². The van der Waals surface area contributed by atoms with Crippen LogP contribution in [-0.2, 0) is 11.2 Å². The number of hydrogen-bond acceptors (Lipinski definition) is 1. The third-order valence-electron chi connectivity index (χ3n) is 3.32. The van der Waals surface area contributed by atoms with Crippen LogP contribution in [0.25, 0.3) is 0 Å². The fraction of sp³-hybridized carbons (Fsp3) is 0.533. The summed E-state index contributed by atoms with van der Waals surface area (Å²) in [6.45, 7) is 10.4. The van der Waals surface area contributed by atoms with Crippen molar-refractivity contribution in [1.29, 1.82) is 0 Å². The van der Waals surface area contributed by atoms with E-state index in [4.69, 9.17) is 0 Å². The van der Waals surface area contributed by atoms with E-state index < -0.39 is 0 Å². The third-order valence-corrected chi connectivity index (χ3v) is 3.32. The van der Waals surface area contributed by atoms with Crippen LogP contribution in [0.2, 0.25) is 0 Å². The molecule has 0 fully saturated rings. The molecular weight excluding hydrogens is 210 g/mol. The number of rotatable bonds is 4. The third kappa shape index (κ3) is 4.22. The predicted molar refractivity (Wildman–Crippen MR) is 72.1 cm³/mol. The summed E-state index contributed by atoms with van der Waals surface area (Å²) < 4.78 is 0. The molecule has 0 aliphatic rings. The molecule has 2 heteroatoms.